The molecule has 132 valence electrons. The number of benzene rings is 2. The lowest BCUT2D eigenvalue weighted by Gasteiger charge is -2.16. The number of methoxy groups -OCH3 is 1. The minimum atomic E-state index is 0.289. The van der Waals surface area contributed by atoms with E-state index in [4.69, 9.17) is 15.2 Å². The summed E-state index contributed by atoms with van der Waals surface area (Å²) in [5.41, 5.74) is 7.92. The van der Waals surface area contributed by atoms with Crippen molar-refractivity contribution in [1.82, 2.24) is 0 Å². The molecule has 0 amide bonds. The van der Waals surface area contributed by atoms with Crippen LogP contribution in [0.2, 0.25) is 0 Å². The first-order valence-electron chi connectivity index (χ1n) is 8.70. The monoisotopic (exact) mass is 339 g/mol. The van der Waals surface area contributed by atoms with Crippen LogP contribution in [-0.4, -0.2) is 19.2 Å². The van der Waals surface area contributed by atoms with Gasteiger partial charge in [0.1, 0.15) is 0 Å². The van der Waals surface area contributed by atoms with Gasteiger partial charge in [0, 0.05) is 5.69 Å². The standard InChI is InChI=1S/C20H25N3O2/c1-24-18-12-11-15(13-19(18)25-17-9-5-6-10-17)14-22-20(21)23-16-7-3-2-4-8-16/h2-4,7-8,11-13,17H,5-6,9-10,14H2,1H3,(H3,21,22,23). The van der Waals surface area contributed by atoms with Crippen molar-refractivity contribution in [3.8, 4) is 11.5 Å². The second-order valence-electron chi connectivity index (χ2n) is 6.20. The molecular formula is C20H25N3O2. The first-order chi connectivity index (χ1) is 12.2. The Kier molecular flexibility index (Phi) is 5.77. The average Bonchev–Trinajstić information content (AvgIpc) is 3.14. The molecule has 0 bridgehead atoms. The molecule has 2 aromatic carbocycles. The number of aliphatic imine (C=N–C) groups is 1. The number of nitrogens with one attached hydrogen (secondary N) is 1. The van der Waals surface area contributed by atoms with Crippen LogP contribution >= 0.6 is 0 Å². The van der Waals surface area contributed by atoms with Crippen LogP contribution in [0.1, 0.15) is 31.2 Å². The average molecular weight is 339 g/mol. The molecule has 0 spiro atoms. The molecule has 0 heterocycles. The summed E-state index contributed by atoms with van der Waals surface area (Å²) in [6.45, 7) is 0.483. The third-order valence-electron chi connectivity index (χ3n) is 4.30. The maximum absolute atomic E-state index is 6.12. The molecule has 1 saturated carbocycles. The molecule has 3 rings (SSSR count). The van der Waals surface area contributed by atoms with Gasteiger partial charge in [-0.2, -0.15) is 0 Å². The van der Waals surface area contributed by atoms with E-state index in [9.17, 15) is 0 Å². The summed E-state index contributed by atoms with van der Waals surface area (Å²) >= 11 is 0. The molecule has 25 heavy (non-hydrogen) atoms. The van der Waals surface area contributed by atoms with Gasteiger partial charge in [-0.25, -0.2) is 4.99 Å². The Morgan fingerprint density at radius 1 is 1.12 bits per heavy atom. The minimum Gasteiger partial charge on any atom is -0.493 e. The Labute approximate surface area is 148 Å². The van der Waals surface area contributed by atoms with Gasteiger partial charge in [-0.3, -0.25) is 0 Å². The van der Waals surface area contributed by atoms with E-state index >= 15 is 0 Å². The fourth-order valence-corrected chi connectivity index (χ4v) is 2.98. The molecular weight excluding hydrogens is 314 g/mol. The van der Waals surface area contributed by atoms with Crippen molar-refractivity contribution in [2.24, 2.45) is 10.7 Å². The second kappa shape index (κ2) is 8.42. The molecule has 1 aliphatic rings. The lowest BCUT2D eigenvalue weighted by molar-refractivity contribution is 0.200. The maximum atomic E-state index is 6.12. The molecule has 0 aliphatic heterocycles. The zero-order valence-electron chi connectivity index (χ0n) is 14.6. The summed E-state index contributed by atoms with van der Waals surface area (Å²) in [6, 6.07) is 15.7. The van der Waals surface area contributed by atoms with E-state index in [1.807, 2.05) is 48.5 Å². The van der Waals surface area contributed by atoms with Crippen molar-refractivity contribution in [3.05, 3.63) is 54.1 Å². The van der Waals surface area contributed by atoms with Crippen molar-refractivity contribution < 1.29 is 9.47 Å². The number of hydrogen-bond acceptors (Lipinski definition) is 3. The van der Waals surface area contributed by atoms with Crippen LogP contribution in [0, 0.1) is 0 Å². The Bertz CT molecular complexity index is 710. The van der Waals surface area contributed by atoms with Gasteiger partial charge < -0.3 is 20.5 Å². The first-order valence-corrected chi connectivity index (χ1v) is 8.70. The van der Waals surface area contributed by atoms with Gasteiger partial charge in [-0.1, -0.05) is 24.3 Å². The highest BCUT2D eigenvalue weighted by molar-refractivity contribution is 5.92. The molecule has 1 aliphatic carbocycles. The van der Waals surface area contributed by atoms with E-state index in [2.05, 4.69) is 10.3 Å². The largest absolute Gasteiger partial charge is 0.493 e. The highest BCUT2D eigenvalue weighted by Crippen LogP contribution is 2.32. The fourth-order valence-electron chi connectivity index (χ4n) is 2.98. The summed E-state index contributed by atoms with van der Waals surface area (Å²) in [5, 5.41) is 3.08. The van der Waals surface area contributed by atoms with Crippen LogP contribution in [0.4, 0.5) is 5.69 Å². The molecule has 0 radical (unpaired) electrons. The summed E-state index contributed by atoms with van der Waals surface area (Å²) in [6.07, 6.45) is 4.98. The number of rotatable bonds is 6. The van der Waals surface area contributed by atoms with Crippen LogP contribution < -0.4 is 20.5 Å². The number of guanidine groups is 1. The topological polar surface area (TPSA) is 68.9 Å². The van der Waals surface area contributed by atoms with Crippen molar-refractivity contribution in [2.75, 3.05) is 12.4 Å². The minimum absolute atomic E-state index is 0.289. The molecule has 0 saturated heterocycles. The van der Waals surface area contributed by atoms with Crippen LogP contribution in [0.25, 0.3) is 0 Å². The van der Waals surface area contributed by atoms with Gasteiger partial charge in [0.25, 0.3) is 0 Å². The zero-order valence-corrected chi connectivity index (χ0v) is 14.6. The maximum Gasteiger partial charge on any atom is 0.193 e. The van der Waals surface area contributed by atoms with Crippen LogP contribution in [0.15, 0.2) is 53.5 Å². The van der Waals surface area contributed by atoms with Gasteiger partial charge >= 0.3 is 0 Å². The molecule has 5 nitrogen and oxygen atoms in total. The molecule has 1 fully saturated rings. The Morgan fingerprint density at radius 3 is 2.60 bits per heavy atom. The lowest BCUT2D eigenvalue weighted by Crippen LogP contribution is -2.22. The van der Waals surface area contributed by atoms with Crippen LogP contribution in [0.3, 0.4) is 0 Å². The van der Waals surface area contributed by atoms with Gasteiger partial charge in [0.2, 0.25) is 0 Å². The highest BCUT2D eigenvalue weighted by atomic mass is 16.5. The SMILES string of the molecule is COc1ccc(CN=C(N)Nc2ccccc2)cc1OC1CCCC1. The van der Waals surface area contributed by atoms with E-state index in [-0.39, 0.29) is 6.10 Å². The number of para-hydroxylation sites is 1. The van der Waals surface area contributed by atoms with Gasteiger partial charge in [-0.15, -0.1) is 0 Å². The number of nitrogens with zero attached hydrogens (tertiary/aromatic N) is 1. The highest BCUT2D eigenvalue weighted by Gasteiger charge is 2.18. The molecule has 3 N–H and O–H groups in total. The van der Waals surface area contributed by atoms with Crippen LogP contribution in [0.5, 0.6) is 11.5 Å². The number of hydrogen-bond donors (Lipinski definition) is 2. The zero-order chi connectivity index (χ0) is 17.5. The molecule has 0 aromatic heterocycles. The molecule has 0 unspecified atom stereocenters. The van der Waals surface area contributed by atoms with Gasteiger partial charge in [0.05, 0.1) is 19.8 Å². The van der Waals surface area contributed by atoms with E-state index in [1.165, 1.54) is 12.8 Å². The number of nitrogens with two attached hydrogens (primary N) is 1. The van der Waals surface area contributed by atoms with Gasteiger partial charge in [0.15, 0.2) is 17.5 Å². The van der Waals surface area contributed by atoms with Gasteiger partial charge in [-0.05, 0) is 55.5 Å². The number of anilines is 1. The summed E-state index contributed by atoms with van der Waals surface area (Å²) in [7, 11) is 1.66. The predicted molar refractivity (Wildman–Crippen MR) is 101 cm³/mol. The van der Waals surface area contributed by atoms with Crippen molar-refractivity contribution in [2.45, 2.75) is 38.3 Å². The normalized spacial score (nSPS) is 15.2. The third kappa shape index (κ3) is 4.89. The summed E-state index contributed by atoms with van der Waals surface area (Å²) in [5.74, 6) is 1.94. The molecule has 2 aromatic rings. The quantitative estimate of drug-likeness (QED) is 0.618. The fraction of sp³-hybridized carbons (Fsp3) is 0.350. The third-order valence-corrected chi connectivity index (χ3v) is 4.30. The summed E-state index contributed by atoms with van der Waals surface area (Å²) < 4.78 is 11.5. The van der Waals surface area contributed by atoms with Crippen molar-refractivity contribution >= 4 is 11.6 Å². The van der Waals surface area contributed by atoms with Crippen molar-refractivity contribution in [1.29, 1.82) is 0 Å². The predicted octanol–water partition coefficient (Wildman–Crippen LogP) is 3.94. The Morgan fingerprint density at radius 2 is 1.88 bits per heavy atom. The lowest BCUT2D eigenvalue weighted by atomic mass is 10.2. The van der Waals surface area contributed by atoms with E-state index in [0.717, 1.165) is 35.6 Å². The summed E-state index contributed by atoms with van der Waals surface area (Å²) in [4.78, 5) is 4.41. The molecule has 5 heteroatoms. The number of ether oxygens (including phenoxy) is 2. The molecule has 0 atom stereocenters. The van der Waals surface area contributed by atoms with Crippen molar-refractivity contribution in [3.63, 3.8) is 0 Å². The Balaban J connectivity index is 1.66. The van der Waals surface area contributed by atoms with E-state index in [1.54, 1.807) is 7.11 Å². The Hall–Kier alpha value is -2.69. The second-order valence-corrected chi connectivity index (χ2v) is 6.20. The smallest absolute Gasteiger partial charge is 0.193 e. The first kappa shape index (κ1) is 17.1. The van der Waals surface area contributed by atoms with E-state index < -0.39 is 0 Å². The van der Waals surface area contributed by atoms with E-state index in [0.29, 0.717) is 12.5 Å². The van der Waals surface area contributed by atoms with Crippen LogP contribution in [-0.2, 0) is 6.54 Å².